The number of methoxy groups -OCH3 is 1. The minimum atomic E-state index is 0.0479. The van der Waals surface area contributed by atoms with Gasteiger partial charge in [0.25, 0.3) is 0 Å². The van der Waals surface area contributed by atoms with Crippen LogP contribution in [0.5, 0.6) is 11.5 Å². The van der Waals surface area contributed by atoms with Crippen molar-refractivity contribution in [3.05, 3.63) is 34.9 Å². The van der Waals surface area contributed by atoms with E-state index >= 15 is 0 Å². The van der Waals surface area contributed by atoms with Crippen molar-refractivity contribution >= 4 is 11.6 Å². The molecule has 0 aliphatic rings. The summed E-state index contributed by atoms with van der Waals surface area (Å²) in [5, 5.41) is 3.46. The minimum Gasteiger partial charge on any atom is -0.493 e. The summed E-state index contributed by atoms with van der Waals surface area (Å²) in [6, 6.07) is 5.90. The number of halogens is 1. The molecule has 4 heteroatoms. The minimum absolute atomic E-state index is 0.0479. The van der Waals surface area contributed by atoms with Crippen LogP contribution in [0.2, 0.25) is 0 Å². The van der Waals surface area contributed by atoms with Crippen molar-refractivity contribution in [2.24, 2.45) is 0 Å². The zero-order valence-corrected chi connectivity index (χ0v) is 13.7. The fraction of sp³-hybridized carbons (Fsp3) is 0.500. The molecule has 1 aromatic carbocycles. The number of benzene rings is 1. The van der Waals surface area contributed by atoms with E-state index < -0.39 is 0 Å². The van der Waals surface area contributed by atoms with Crippen LogP contribution >= 0.6 is 11.6 Å². The van der Waals surface area contributed by atoms with Crippen molar-refractivity contribution in [2.75, 3.05) is 13.7 Å². The first-order chi connectivity index (χ1) is 9.37. The van der Waals surface area contributed by atoms with Crippen molar-refractivity contribution < 1.29 is 9.47 Å². The molecular weight excluding hydrogens is 274 g/mol. The number of rotatable bonds is 6. The summed E-state index contributed by atoms with van der Waals surface area (Å²) in [4.78, 5) is 0. The molecule has 0 radical (unpaired) electrons. The SMILES string of the molecule is COc1cccc(CNC(C)(C)C)c1OC/C(C)=C/Cl. The van der Waals surface area contributed by atoms with Crippen LogP contribution in [0.25, 0.3) is 0 Å². The average molecular weight is 298 g/mol. The summed E-state index contributed by atoms with van der Waals surface area (Å²) in [6.07, 6.45) is 0. The van der Waals surface area contributed by atoms with Gasteiger partial charge in [0, 0.05) is 23.2 Å². The quantitative estimate of drug-likeness (QED) is 0.857. The Hall–Kier alpha value is -1.19. The first kappa shape index (κ1) is 16.9. The Labute approximate surface area is 126 Å². The smallest absolute Gasteiger partial charge is 0.166 e. The molecule has 3 nitrogen and oxygen atoms in total. The van der Waals surface area contributed by atoms with Gasteiger partial charge >= 0.3 is 0 Å². The predicted molar refractivity (Wildman–Crippen MR) is 84.7 cm³/mol. The molecule has 0 saturated carbocycles. The number of hydrogen-bond donors (Lipinski definition) is 1. The highest BCUT2D eigenvalue weighted by Crippen LogP contribution is 2.31. The normalized spacial score (nSPS) is 12.4. The van der Waals surface area contributed by atoms with E-state index in [0.717, 1.165) is 29.2 Å². The largest absolute Gasteiger partial charge is 0.493 e. The summed E-state index contributed by atoms with van der Waals surface area (Å²) in [6.45, 7) is 9.50. The van der Waals surface area contributed by atoms with Crippen LogP contribution in [0.3, 0.4) is 0 Å². The molecule has 20 heavy (non-hydrogen) atoms. The zero-order valence-electron chi connectivity index (χ0n) is 12.9. The standard InChI is InChI=1S/C16H24ClNO2/c1-12(9-17)11-20-15-13(10-18-16(2,3)4)7-6-8-14(15)19-5/h6-9,18H,10-11H2,1-5H3/b12-9+. The van der Waals surface area contributed by atoms with Gasteiger partial charge in [-0.05, 0) is 39.3 Å². The molecule has 1 rings (SSSR count). The molecule has 112 valence electrons. The van der Waals surface area contributed by atoms with E-state index in [2.05, 4.69) is 26.1 Å². The monoisotopic (exact) mass is 297 g/mol. The third-order valence-electron chi connectivity index (χ3n) is 2.72. The Morgan fingerprint density at radius 2 is 2.05 bits per heavy atom. The number of hydrogen-bond acceptors (Lipinski definition) is 3. The molecule has 0 aliphatic carbocycles. The molecule has 1 N–H and O–H groups in total. The second kappa shape index (κ2) is 7.55. The van der Waals surface area contributed by atoms with Crippen LogP contribution in [0.1, 0.15) is 33.3 Å². The van der Waals surface area contributed by atoms with Crippen molar-refractivity contribution in [2.45, 2.75) is 39.8 Å². The van der Waals surface area contributed by atoms with Crippen molar-refractivity contribution in [1.82, 2.24) is 5.32 Å². The summed E-state index contributed by atoms with van der Waals surface area (Å²) >= 11 is 5.67. The topological polar surface area (TPSA) is 30.5 Å². The highest BCUT2D eigenvalue weighted by atomic mass is 35.5. The first-order valence-corrected chi connectivity index (χ1v) is 7.10. The van der Waals surface area contributed by atoms with E-state index in [4.69, 9.17) is 21.1 Å². The van der Waals surface area contributed by atoms with Crippen LogP contribution in [0, 0.1) is 0 Å². The van der Waals surface area contributed by atoms with Gasteiger partial charge in [-0.1, -0.05) is 23.7 Å². The van der Waals surface area contributed by atoms with E-state index in [-0.39, 0.29) is 5.54 Å². The van der Waals surface area contributed by atoms with Crippen molar-refractivity contribution in [3.8, 4) is 11.5 Å². The lowest BCUT2D eigenvalue weighted by atomic mass is 10.1. The summed E-state index contributed by atoms with van der Waals surface area (Å²) in [7, 11) is 1.65. The molecule has 0 fully saturated rings. The van der Waals surface area contributed by atoms with Gasteiger partial charge in [-0.15, -0.1) is 0 Å². The predicted octanol–water partition coefficient (Wildman–Crippen LogP) is 4.10. The van der Waals surface area contributed by atoms with Crippen LogP contribution in [-0.2, 0) is 6.54 Å². The molecule has 0 saturated heterocycles. The van der Waals surface area contributed by atoms with E-state index in [9.17, 15) is 0 Å². The second-order valence-corrected chi connectivity index (χ2v) is 6.01. The van der Waals surface area contributed by atoms with Gasteiger partial charge in [0.05, 0.1) is 7.11 Å². The third-order valence-corrected chi connectivity index (χ3v) is 3.09. The van der Waals surface area contributed by atoms with Crippen LogP contribution in [0.4, 0.5) is 0 Å². The molecule has 0 heterocycles. The average Bonchev–Trinajstić information content (AvgIpc) is 2.41. The summed E-state index contributed by atoms with van der Waals surface area (Å²) in [5.41, 5.74) is 3.61. The lowest BCUT2D eigenvalue weighted by Gasteiger charge is -2.22. The molecule has 0 unspecified atom stereocenters. The molecule has 0 amide bonds. The Balaban J connectivity index is 2.92. The van der Waals surface area contributed by atoms with Crippen LogP contribution in [-0.4, -0.2) is 19.3 Å². The molecular formula is C16H24ClNO2. The van der Waals surface area contributed by atoms with Gasteiger partial charge in [0.15, 0.2) is 11.5 Å². The number of ether oxygens (including phenoxy) is 2. The van der Waals surface area contributed by atoms with Gasteiger partial charge in [-0.2, -0.15) is 0 Å². The second-order valence-electron chi connectivity index (χ2n) is 5.80. The van der Waals surface area contributed by atoms with Gasteiger partial charge in [-0.25, -0.2) is 0 Å². The number of para-hydroxylation sites is 1. The van der Waals surface area contributed by atoms with Crippen molar-refractivity contribution in [3.63, 3.8) is 0 Å². The van der Waals surface area contributed by atoms with Crippen molar-refractivity contribution in [1.29, 1.82) is 0 Å². The van der Waals surface area contributed by atoms with E-state index in [0.29, 0.717) is 6.61 Å². The third kappa shape index (κ3) is 5.43. The molecule has 0 spiro atoms. The lowest BCUT2D eigenvalue weighted by Crippen LogP contribution is -2.35. The van der Waals surface area contributed by atoms with E-state index in [1.165, 1.54) is 5.54 Å². The Bertz CT molecular complexity index is 464. The molecule has 0 aromatic heterocycles. The van der Waals surface area contributed by atoms with E-state index in [1.807, 2.05) is 25.1 Å². The molecule has 0 atom stereocenters. The maximum absolute atomic E-state index is 5.86. The zero-order chi connectivity index (χ0) is 15.2. The molecule has 0 bridgehead atoms. The summed E-state index contributed by atoms with van der Waals surface area (Å²) < 4.78 is 11.2. The molecule has 1 aromatic rings. The number of nitrogens with one attached hydrogen (secondary N) is 1. The maximum atomic E-state index is 5.86. The Morgan fingerprint density at radius 3 is 2.60 bits per heavy atom. The summed E-state index contributed by atoms with van der Waals surface area (Å²) in [5.74, 6) is 1.50. The van der Waals surface area contributed by atoms with Gasteiger partial charge in [0.2, 0.25) is 0 Å². The van der Waals surface area contributed by atoms with Gasteiger partial charge in [-0.3, -0.25) is 0 Å². The highest BCUT2D eigenvalue weighted by molar-refractivity contribution is 6.25. The highest BCUT2D eigenvalue weighted by Gasteiger charge is 2.14. The van der Waals surface area contributed by atoms with Gasteiger partial charge in [0.1, 0.15) is 6.61 Å². The fourth-order valence-electron chi connectivity index (χ4n) is 1.60. The molecule has 0 aliphatic heterocycles. The van der Waals surface area contributed by atoms with E-state index in [1.54, 1.807) is 7.11 Å². The van der Waals surface area contributed by atoms with Crippen LogP contribution in [0.15, 0.2) is 29.3 Å². The Morgan fingerprint density at radius 1 is 1.35 bits per heavy atom. The first-order valence-electron chi connectivity index (χ1n) is 6.67. The maximum Gasteiger partial charge on any atom is 0.166 e. The lowest BCUT2D eigenvalue weighted by molar-refractivity contribution is 0.313. The fourth-order valence-corrected chi connectivity index (χ4v) is 1.67. The van der Waals surface area contributed by atoms with Crippen LogP contribution < -0.4 is 14.8 Å². The van der Waals surface area contributed by atoms with Gasteiger partial charge < -0.3 is 14.8 Å². The Kier molecular flexibility index (Phi) is 6.37.